The predicted molar refractivity (Wildman–Crippen MR) is 126 cm³/mol. The van der Waals surface area contributed by atoms with Crippen LogP contribution in [0.4, 0.5) is 0 Å². The van der Waals surface area contributed by atoms with E-state index in [1.165, 1.54) is 10.6 Å². The summed E-state index contributed by atoms with van der Waals surface area (Å²) in [6, 6.07) is 1.58. The monoisotopic (exact) mass is 556 g/mol. The van der Waals surface area contributed by atoms with Crippen LogP contribution in [0.5, 0.6) is 0 Å². The highest BCUT2D eigenvalue weighted by molar-refractivity contribution is 14.0. The van der Waals surface area contributed by atoms with Crippen molar-refractivity contribution in [2.45, 2.75) is 18.6 Å². The first kappa shape index (κ1) is 25.3. The average molecular weight is 556 g/mol. The highest BCUT2D eigenvalue weighted by Crippen LogP contribution is 2.13. The van der Waals surface area contributed by atoms with Gasteiger partial charge in [0.25, 0.3) is 0 Å². The molecule has 3 rings (SSSR count). The van der Waals surface area contributed by atoms with Crippen molar-refractivity contribution in [3.8, 4) is 0 Å². The molecule has 12 heteroatoms. The number of hydrogen-bond acceptors (Lipinski definition) is 7. The number of aliphatic imine (C=N–C) groups is 1. The molecule has 0 atom stereocenters. The molecule has 0 aliphatic carbocycles. The smallest absolute Gasteiger partial charge is 0.220 e. The molecule has 1 aromatic heterocycles. The lowest BCUT2D eigenvalue weighted by molar-refractivity contribution is 0.0372. The van der Waals surface area contributed by atoms with Gasteiger partial charge in [-0.3, -0.25) is 9.89 Å². The van der Waals surface area contributed by atoms with Gasteiger partial charge in [-0.25, -0.2) is 8.42 Å². The second-order valence-corrected chi connectivity index (χ2v) is 9.24. The van der Waals surface area contributed by atoms with Gasteiger partial charge < -0.3 is 19.5 Å². The molecule has 2 saturated heterocycles. The Hall–Kier alpha value is -0.960. The molecular formula is C18H33IN6O4S. The first-order valence-corrected chi connectivity index (χ1v) is 11.8. The van der Waals surface area contributed by atoms with Crippen LogP contribution in [0.2, 0.25) is 0 Å². The van der Waals surface area contributed by atoms with E-state index in [1.54, 1.807) is 13.1 Å². The van der Waals surface area contributed by atoms with Crippen LogP contribution in [-0.2, 0) is 20.5 Å². The molecule has 0 bridgehead atoms. The molecule has 10 nitrogen and oxygen atoms in total. The minimum Gasteiger partial charge on any atom is -0.379 e. The van der Waals surface area contributed by atoms with E-state index in [4.69, 9.17) is 9.26 Å². The van der Waals surface area contributed by atoms with Gasteiger partial charge in [0, 0.05) is 58.9 Å². The quantitative estimate of drug-likeness (QED) is 0.213. The molecule has 1 aromatic rings. The second-order valence-electron chi connectivity index (χ2n) is 7.27. The Balaban J connectivity index is 0.00000320. The summed E-state index contributed by atoms with van der Waals surface area (Å²) < 4.78 is 36.7. The van der Waals surface area contributed by atoms with Crippen LogP contribution in [0.25, 0.3) is 0 Å². The maximum Gasteiger partial charge on any atom is 0.220 e. The average Bonchev–Trinajstić information content (AvgIpc) is 3.24. The van der Waals surface area contributed by atoms with Crippen LogP contribution in [0, 0.1) is 0 Å². The lowest BCUT2D eigenvalue weighted by Gasteiger charge is -2.35. The van der Waals surface area contributed by atoms with Gasteiger partial charge in [-0.1, -0.05) is 5.16 Å². The fraction of sp³-hybridized carbons (Fsp3) is 0.778. The van der Waals surface area contributed by atoms with E-state index in [2.05, 4.69) is 25.3 Å². The predicted octanol–water partition coefficient (Wildman–Crippen LogP) is 0.428. The number of morpholine rings is 1. The lowest BCUT2D eigenvalue weighted by atomic mass is 10.2. The van der Waals surface area contributed by atoms with Crippen molar-refractivity contribution >= 4 is 40.0 Å². The van der Waals surface area contributed by atoms with Crippen LogP contribution >= 0.6 is 24.0 Å². The van der Waals surface area contributed by atoms with Crippen LogP contribution in [0.15, 0.2) is 21.8 Å². The van der Waals surface area contributed by atoms with Crippen LogP contribution in [0.3, 0.4) is 0 Å². The molecule has 0 amide bonds. The number of guanidine groups is 1. The highest BCUT2D eigenvalue weighted by atomic mass is 127. The van der Waals surface area contributed by atoms with Gasteiger partial charge in [-0.05, 0) is 19.4 Å². The molecule has 0 spiro atoms. The molecule has 30 heavy (non-hydrogen) atoms. The molecule has 2 aliphatic rings. The number of halogens is 1. The molecule has 2 aliphatic heterocycles. The number of aromatic nitrogens is 1. The number of hydrogen-bond donors (Lipinski definition) is 1. The Kier molecular flexibility index (Phi) is 10.8. The Morgan fingerprint density at radius 2 is 1.90 bits per heavy atom. The van der Waals surface area contributed by atoms with E-state index < -0.39 is 10.0 Å². The number of ether oxygens (including phenoxy) is 1. The zero-order valence-corrected chi connectivity index (χ0v) is 20.7. The minimum atomic E-state index is -3.39. The van der Waals surface area contributed by atoms with Crippen molar-refractivity contribution in [1.29, 1.82) is 0 Å². The van der Waals surface area contributed by atoms with Crippen molar-refractivity contribution < 1.29 is 17.7 Å². The summed E-state index contributed by atoms with van der Waals surface area (Å²) in [5, 5.41) is 7.11. The van der Waals surface area contributed by atoms with E-state index in [9.17, 15) is 8.42 Å². The fourth-order valence-electron chi connectivity index (χ4n) is 3.59. The molecule has 2 fully saturated rings. The standard InChI is InChI=1S/C18H32N6O4S.HI/c1-19-18(20-5-2-3-6-22-11-14-27-15-12-22)23-7-9-24(10-8-23)29(25,26)16-17-4-13-28-21-17;/h4,13H,2-3,5-12,14-16H2,1H3,(H,19,20);1H. The number of unbranched alkanes of at least 4 members (excludes halogenated alkanes) is 1. The van der Waals surface area contributed by atoms with Crippen molar-refractivity contribution in [2.24, 2.45) is 4.99 Å². The van der Waals surface area contributed by atoms with Crippen molar-refractivity contribution in [3.05, 3.63) is 18.0 Å². The van der Waals surface area contributed by atoms with E-state index >= 15 is 0 Å². The minimum absolute atomic E-state index is 0. The number of nitrogens with zero attached hydrogens (tertiary/aromatic N) is 5. The summed E-state index contributed by atoms with van der Waals surface area (Å²) in [5.41, 5.74) is 0.432. The van der Waals surface area contributed by atoms with Crippen molar-refractivity contribution in [3.63, 3.8) is 0 Å². The summed E-state index contributed by atoms with van der Waals surface area (Å²) in [6.07, 6.45) is 3.60. The summed E-state index contributed by atoms with van der Waals surface area (Å²) in [5.74, 6) is 0.713. The van der Waals surface area contributed by atoms with E-state index in [-0.39, 0.29) is 29.7 Å². The summed E-state index contributed by atoms with van der Waals surface area (Å²) in [6.45, 7) is 7.81. The first-order chi connectivity index (χ1) is 14.1. The Morgan fingerprint density at radius 1 is 1.17 bits per heavy atom. The van der Waals surface area contributed by atoms with Gasteiger partial charge in [0.2, 0.25) is 10.0 Å². The molecule has 0 radical (unpaired) electrons. The molecule has 3 heterocycles. The fourth-order valence-corrected chi connectivity index (χ4v) is 5.01. The van der Waals surface area contributed by atoms with Gasteiger partial charge in [-0.2, -0.15) is 4.31 Å². The summed E-state index contributed by atoms with van der Waals surface area (Å²) in [7, 11) is -1.62. The van der Waals surface area contributed by atoms with E-state index in [0.29, 0.717) is 31.9 Å². The zero-order chi connectivity index (χ0) is 20.5. The molecule has 0 unspecified atom stereocenters. The first-order valence-electron chi connectivity index (χ1n) is 10.2. The number of piperazine rings is 1. The van der Waals surface area contributed by atoms with Crippen LogP contribution in [0.1, 0.15) is 18.5 Å². The largest absolute Gasteiger partial charge is 0.379 e. The summed E-state index contributed by atoms with van der Waals surface area (Å²) in [4.78, 5) is 8.92. The van der Waals surface area contributed by atoms with Gasteiger partial charge in [0.15, 0.2) is 5.96 Å². The third kappa shape index (κ3) is 7.62. The Labute approximate surface area is 196 Å². The van der Waals surface area contributed by atoms with Crippen LogP contribution in [-0.4, -0.2) is 106 Å². The molecule has 172 valence electrons. The third-order valence-electron chi connectivity index (χ3n) is 5.25. The molecular weight excluding hydrogens is 523 g/mol. The van der Waals surface area contributed by atoms with Gasteiger partial charge >= 0.3 is 0 Å². The van der Waals surface area contributed by atoms with Crippen molar-refractivity contribution in [1.82, 2.24) is 24.6 Å². The third-order valence-corrected chi connectivity index (χ3v) is 7.07. The Bertz CT molecular complexity index is 732. The number of sulfonamides is 1. The number of nitrogens with one attached hydrogen (secondary N) is 1. The maximum absolute atomic E-state index is 12.5. The molecule has 0 saturated carbocycles. The van der Waals surface area contributed by atoms with E-state index in [1.807, 2.05) is 0 Å². The highest BCUT2D eigenvalue weighted by Gasteiger charge is 2.28. The lowest BCUT2D eigenvalue weighted by Crippen LogP contribution is -2.54. The van der Waals surface area contributed by atoms with E-state index in [0.717, 1.165) is 58.2 Å². The summed E-state index contributed by atoms with van der Waals surface area (Å²) >= 11 is 0. The molecule has 1 N–H and O–H groups in total. The van der Waals surface area contributed by atoms with Gasteiger partial charge in [-0.15, -0.1) is 24.0 Å². The SMILES string of the molecule is CN=C(NCCCCN1CCOCC1)N1CCN(S(=O)(=O)Cc2ccon2)CC1.I. The van der Waals surface area contributed by atoms with Crippen molar-refractivity contribution in [2.75, 3.05) is 72.6 Å². The number of rotatable bonds is 8. The van der Waals surface area contributed by atoms with Crippen LogP contribution < -0.4 is 5.32 Å². The molecule has 0 aromatic carbocycles. The Morgan fingerprint density at radius 3 is 2.53 bits per heavy atom. The maximum atomic E-state index is 12.5. The van der Waals surface area contributed by atoms with Gasteiger partial charge in [0.1, 0.15) is 12.0 Å². The normalized spacial score (nSPS) is 19.5. The topological polar surface area (TPSA) is 104 Å². The van der Waals surface area contributed by atoms with Gasteiger partial charge in [0.05, 0.1) is 18.9 Å². The second kappa shape index (κ2) is 12.8. The zero-order valence-electron chi connectivity index (χ0n) is 17.5.